The number of nitrogens with one attached hydrogen (secondary N) is 1. The molecule has 1 aliphatic rings. The first kappa shape index (κ1) is 18.9. The Morgan fingerprint density at radius 1 is 1.07 bits per heavy atom. The number of fused-ring (bicyclic) bond motifs is 1. The summed E-state index contributed by atoms with van der Waals surface area (Å²) in [6.07, 6.45) is 0.800. The van der Waals surface area contributed by atoms with Crippen molar-refractivity contribution in [2.45, 2.75) is 32.5 Å². The van der Waals surface area contributed by atoms with Gasteiger partial charge in [0.05, 0.1) is 6.04 Å². The molecule has 2 heterocycles. The maximum Gasteiger partial charge on any atom is 0.272 e. The molecule has 3 aromatic rings. The lowest BCUT2D eigenvalue weighted by Crippen LogP contribution is -2.30. The molecule has 1 atom stereocenters. The molecule has 6 heteroatoms. The van der Waals surface area contributed by atoms with E-state index in [0.29, 0.717) is 25.3 Å². The minimum Gasteiger partial charge on any atom is -0.344 e. The highest BCUT2D eigenvalue weighted by molar-refractivity contribution is 5.98. The predicted octanol–water partition coefficient (Wildman–Crippen LogP) is 3.42. The smallest absolute Gasteiger partial charge is 0.272 e. The molecule has 0 spiro atoms. The molecule has 148 valence electrons. The van der Waals surface area contributed by atoms with Gasteiger partial charge in [-0.2, -0.15) is 5.10 Å². The van der Waals surface area contributed by atoms with E-state index in [1.807, 2.05) is 72.5 Å². The van der Waals surface area contributed by atoms with Gasteiger partial charge in [0.1, 0.15) is 5.69 Å². The summed E-state index contributed by atoms with van der Waals surface area (Å²) in [6.45, 7) is 3.77. The number of nitrogens with zero attached hydrogens (tertiary/aromatic N) is 3. The van der Waals surface area contributed by atoms with Crippen LogP contribution in [0.4, 0.5) is 0 Å². The maximum absolute atomic E-state index is 13.1. The molecule has 0 unspecified atom stereocenters. The summed E-state index contributed by atoms with van der Waals surface area (Å²) in [4.78, 5) is 27.6. The SMILES string of the molecule is C[C@H](NC(=O)c1cc2n(n1)CCCN(Cc1ccccc1)C2=O)c1ccccc1. The van der Waals surface area contributed by atoms with E-state index in [1.54, 1.807) is 10.7 Å². The fourth-order valence-electron chi connectivity index (χ4n) is 3.60. The van der Waals surface area contributed by atoms with Crippen molar-refractivity contribution in [3.8, 4) is 0 Å². The standard InChI is InChI=1S/C23H24N4O2/c1-17(19-11-6-3-7-12-19)24-22(28)20-15-21-23(29)26(13-8-14-27(21)25-20)16-18-9-4-2-5-10-18/h2-7,9-12,15,17H,8,13-14,16H2,1H3,(H,24,28)/t17-/m0/s1. The molecule has 0 bridgehead atoms. The second-order valence-corrected chi connectivity index (χ2v) is 7.31. The number of rotatable bonds is 5. The molecule has 2 amide bonds. The van der Waals surface area contributed by atoms with Crippen molar-refractivity contribution in [3.05, 3.63) is 89.2 Å². The Hall–Kier alpha value is -3.41. The Kier molecular flexibility index (Phi) is 5.42. The van der Waals surface area contributed by atoms with Gasteiger partial charge in [0.25, 0.3) is 11.8 Å². The summed E-state index contributed by atoms with van der Waals surface area (Å²) in [7, 11) is 0. The van der Waals surface area contributed by atoms with E-state index in [9.17, 15) is 9.59 Å². The summed E-state index contributed by atoms with van der Waals surface area (Å²) >= 11 is 0. The summed E-state index contributed by atoms with van der Waals surface area (Å²) in [5.74, 6) is -0.363. The van der Waals surface area contributed by atoms with Crippen molar-refractivity contribution in [2.75, 3.05) is 6.54 Å². The van der Waals surface area contributed by atoms with Crippen LogP contribution < -0.4 is 5.32 Å². The maximum atomic E-state index is 13.1. The first-order valence-corrected chi connectivity index (χ1v) is 9.88. The molecule has 1 aromatic heterocycles. The first-order chi connectivity index (χ1) is 14.1. The van der Waals surface area contributed by atoms with E-state index in [2.05, 4.69) is 10.4 Å². The zero-order valence-electron chi connectivity index (χ0n) is 16.4. The van der Waals surface area contributed by atoms with Crippen molar-refractivity contribution in [2.24, 2.45) is 0 Å². The number of benzene rings is 2. The molecule has 0 aliphatic carbocycles. The van der Waals surface area contributed by atoms with Crippen molar-refractivity contribution < 1.29 is 9.59 Å². The second-order valence-electron chi connectivity index (χ2n) is 7.31. The highest BCUT2D eigenvalue weighted by Gasteiger charge is 2.26. The van der Waals surface area contributed by atoms with Crippen molar-refractivity contribution in [1.29, 1.82) is 0 Å². The van der Waals surface area contributed by atoms with E-state index < -0.39 is 0 Å². The van der Waals surface area contributed by atoms with Gasteiger partial charge in [0.15, 0.2) is 5.69 Å². The first-order valence-electron chi connectivity index (χ1n) is 9.88. The van der Waals surface area contributed by atoms with Gasteiger partial charge in [-0.25, -0.2) is 0 Å². The number of hydrogen-bond acceptors (Lipinski definition) is 3. The highest BCUT2D eigenvalue weighted by Crippen LogP contribution is 2.18. The van der Waals surface area contributed by atoms with Gasteiger partial charge in [-0.05, 0) is 24.5 Å². The number of aromatic nitrogens is 2. The molecule has 0 radical (unpaired) electrons. The van der Waals surface area contributed by atoms with Gasteiger partial charge in [0.2, 0.25) is 0 Å². The molecule has 4 rings (SSSR count). The topological polar surface area (TPSA) is 67.2 Å². The van der Waals surface area contributed by atoms with Gasteiger partial charge in [-0.1, -0.05) is 60.7 Å². The van der Waals surface area contributed by atoms with Crippen LogP contribution in [-0.2, 0) is 13.1 Å². The third kappa shape index (κ3) is 4.21. The molecule has 0 fully saturated rings. The molecule has 6 nitrogen and oxygen atoms in total. The molecular weight excluding hydrogens is 364 g/mol. The lowest BCUT2D eigenvalue weighted by Gasteiger charge is -2.20. The second kappa shape index (κ2) is 8.31. The summed E-state index contributed by atoms with van der Waals surface area (Å²) in [5, 5.41) is 7.37. The van der Waals surface area contributed by atoms with Crippen LogP contribution in [0.25, 0.3) is 0 Å². The predicted molar refractivity (Wildman–Crippen MR) is 110 cm³/mol. The quantitative estimate of drug-likeness (QED) is 0.728. The van der Waals surface area contributed by atoms with Crippen LogP contribution in [0, 0.1) is 0 Å². The van der Waals surface area contributed by atoms with E-state index in [1.165, 1.54) is 0 Å². The molecule has 29 heavy (non-hydrogen) atoms. The summed E-state index contributed by atoms with van der Waals surface area (Å²) < 4.78 is 1.66. The molecule has 0 saturated heterocycles. The monoisotopic (exact) mass is 388 g/mol. The minimum absolute atomic E-state index is 0.0889. The number of carbonyl (C=O) groups is 2. The van der Waals surface area contributed by atoms with Crippen LogP contribution in [0.15, 0.2) is 66.7 Å². The van der Waals surface area contributed by atoms with Gasteiger partial charge >= 0.3 is 0 Å². The number of aryl methyl sites for hydroxylation is 1. The third-order valence-electron chi connectivity index (χ3n) is 5.18. The number of amides is 2. The zero-order valence-corrected chi connectivity index (χ0v) is 16.4. The highest BCUT2D eigenvalue weighted by atomic mass is 16.2. The van der Waals surface area contributed by atoms with E-state index in [-0.39, 0.29) is 23.6 Å². The fraction of sp³-hybridized carbons (Fsp3) is 0.261. The Morgan fingerprint density at radius 3 is 2.48 bits per heavy atom. The number of carbonyl (C=O) groups excluding carboxylic acids is 2. The zero-order chi connectivity index (χ0) is 20.2. The van der Waals surface area contributed by atoms with Gasteiger partial charge in [-0.3, -0.25) is 14.3 Å². The van der Waals surface area contributed by atoms with Crippen molar-refractivity contribution >= 4 is 11.8 Å². The van der Waals surface area contributed by atoms with Gasteiger partial charge in [-0.15, -0.1) is 0 Å². The van der Waals surface area contributed by atoms with Gasteiger partial charge in [0, 0.05) is 25.7 Å². The van der Waals surface area contributed by atoms with Crippen LogP contribution in [0.5, 0.6) is 0 Å². The third-order valence-corrected chi connectivity index (χ3v) is 5.18. The van der Waals surface area contributed by atoms with Crippen LogP contribution in [0.1, 0.15) is 51.5 Å². The largest absolute Gasteiger partial charge is 0.344 e. The van der Waals surface area contributed by atoms with Crippen molar-refractivity contribution in [3.63, 3.8) is 0 Å². The van der Waals surface area contributed by atoms with Crippen LogP contribution in [0.3, 0.4) is 0 Å². The van der Waals surface area contributed by atoms with Crippen molar-refractivity contribution in [1.82, 2.24) is 20.0 Å². The van der Waals surface area contributed by atoms with Crippen LogP contribution in [-0.4, -0.2) is 33.0 Å². The fourth-order valence-corrected chi connectivity index (χ4v) is 3.60. The molecule has 1 aliphatic heterocycles. The Balaban J connectivity index is 1.50. The Morgan fingerprint density at radius 2 is 1.76 bits per heavy atom. The summed E-state index contributed by atoms with van der Waals surface area (Å²) in [5.41, 5.74) is 2.85. The molecular formula is C23H24N4O2. The number of hydrogen-bond donors (Lipinski definition) is 1. The average molecular weight is 388 g/mol. The molecule has 2 aromatic carbocycles. The van der Waals surface area contributed by atoms with E-state index in [0.717, 1.165) is 17.5 Å². The van der Waals surface area contributed by atoms with Gasteiger partial charge < -0.3 is 10.2 Å². The summed E-state index contributed by atoms with van der Waals surface area (Å²) in [6, 6.07) is 21.2. The van der Waals surface area contributed by atoms with E-state index in [4.69, 9.17) is 0 Å². The molecule has 0 saturated carbocycles. The Bertz CT molecular complexity index is 998. The lowest BCUT2D eigenvalue weighted by atomic mass is 10.1. The van der Waals surface area contributed by atoms with E-state index >= 15 is 0 Å². The lowest BCUT2D eigenvalue weighted by molar-refractivity contribution is 0.0745. The van der Waals surface area contributed by atoms with Crippen LogP contribution in [0.2, 0.25) is 0 Å². The van der Waals surface area contributed by atoms with Crippen LogP contribution >= 0.6 is 0 Å². The minimum atomic E-state index is -0.274. The normalized spacial score (nSPS) is 14.8. The Labute approximate surface area is 170 Å². The average Bonchev–Trinajstić information content (AvgIpc) is 3.12. The molecule has 1 N–H and O–H groups in total.